The number of nitrogens with zero attached hydrogens (tertiary/aromatic N) is 5. The number of carbonyl (C=O) groups excluding carboxylic acids is 1. The number of likely N-dealkylation sites (tertiary alicyclic amines) is 1. The third-order valence-electron chi connectivity index (χ3n) is 5.38. The molecule has 5 heterocycles. The molecule has 3 aliphatic heterocycles. The summed E-state index contributed by atoms with van der Waals surface area (Å²) in [5, 5.41) is 7.71. The molecule has 3 aliphatic rings. The number of halogens is 1. The van der Waals surface area contributed by atoms with Gasteiger partial charge in [-0.1, -0.05) is 0 Å². The summed E-state index contributed by atoms with van der Waals surface area (Å²) in [7, 11) is 7.32. The van der Waals surface area contributed by atoms with E-state index in [-0.39, 0.29) is 0 Å². The maximum absolute atomic E-state index is 10.6. The number of Topliss-reactive ketones (excluding diaryl/α,β-unsaturated/α-hetero) is 1. The lowest BCUT2D eigenvalue weighted by atomic mass is 10.1. The van der Waals surface area contributed by atoms with E-state index in [9.17, 15) is 4.79 Å². The van der Waals surface area contributed by atoms with Gasteiger partial charge < -0.3 is 25.5 Å². The Hall–Kier alpha value is -0.950. The highest BCUT2D eigenvalue weighted by molar-refractivity contribution is 9.11. The molecule has 8 nitrogen and oxygen atoms in total. The number of ketones is 1. The number of hydrogen-bond acceptors (Lipinski definition) is 10. The number of aromatic nitrogens is 2. The van der Waals surface area contributed by atoms with E-state index in [4.69, 9.17) is 10.8 Å². The minimum Gasteiger partial charge on any atom is -0.400 e. The van der Waals surface area contributed by atoms with E-state index in [1.165, 1.54) is 21.1 Å². The largest absolute Gasteiger partial charge is 0.400 e. The Morgan fingerprint density at radius 3 is 1.81 bits per heavy atom. The lowest BCUT2D eigenvalue weighted by Crippen LogP contribution is -2.29. The SMILES string of the molecule is CN1CCC(=O)CC1.CN1CCc2nc(Br)sc2C1.CN1CCc2nc(N)sc2C1.CO. The fourth-order valence-electron chi connectivity index (χ4n) is 3.50. The maximum atomic E-state index is 10.6. The first-order valence-corrected chi connectivity index (χ1v) is 13.1. The number of aliphatic hydroxyl groups is 1. The van der Waals surface area contributed by atoms with E-state index in [2.05, 4.69) is 54.7 Å². The number of rotatable bonds is 0. The molecule has 2 aromatic rings. The van der Waals surface area contributed by atoms with Gasteiger partial charge in [0.2, 0.25) is 0 Å². The summed E-state index contributed by atoms with van der Waals surface area (Å²) < 4.78 is 1.03. The number of likely N-dealkylation sites (N-methyl/N-ethyl adjacent to an activating group) is 2. The van der Waals surface area contributed by atoms with Crippen LogP contribution in [0.5, 0.6) is 0 Å². The molecular formula is C21H35BrN6O2S2. The number of fused-ring (bicyclic) bond motifs is 2. The number of nitrogens with two attached hydrogens (primary N) is 1. The summed E-state index contributed by atoms with van der Waals surface area (Å²) >= 11 is 6.78. The molecule has 0 saturated carbocycles. The Labute approximate surface area is 207 Å². The minimum absolute atomic E-state index is 0.420. The zero-order chi connectivity index (χ0) is 23.7. The van der Waals surface area contributed by atoms with E-state index in [1.54, 1.807) is 22.7 Å². The van der Waals surface area contributed by atoms with Crippen molar-refractivity contribution >= 4 is 49.5 Å². The van der Waals surface area contributed by atoms with E-state index < -0.39 is 0 Å². The van der Waals surface area contributed by atoms with Crippen molar-refractivity contribution in [3.63, 3.8) is 0 Å². The van der Waals surface area contributed by atoms with Crippen LogP contribution in [0.15, 0.2) is 3.92 Å². The summed E-state index contributed by atoms with van der Waals surface area (Å²) in [5.74, 6) is 0.420. The quantitative estimate of drug-likeness (QED) is 0.519. The molecular weight excluding hydrogens is 512 g/mol. The molecule has 0 aliphatic carbocycles. The molecule has 0 bridgehead atoms. The molecule has 180 valence electrons. The number of aliphatic hydroxyl groups excluding tert-OH is 1. The van der Waals surface area contributed by atoms with E-state index >= 15 is 0 Å². The Morgan fingerprint density at radius 2 is 1.28 bits per heavy atom. The average molecular weight is 548 g/mol. The van der Waals surface area contributed by atoms with E-state index in [1.807, 2.05) is 7.05 Å². The predicted octanol–water partition coefficient (Wildman–Crippen LogP) is 2.50. The molecule has 2 aromatic heterocycles. The van der Waals surface area contributed by atoms with Crippen LogP contribution in [-0.2, 0) is 30.7 Å². The van der Waals surface area contributed by atoms with E-state index in [0.29, 0.717) is 10.9 Å². The molecule has 1 fully saturated rings. The molecule has 0 spiro atoms. The average Bonchev–Trinajstić information content (AvgIpc) is 3.32. The van der Waals surface area contributed by atoms with Gasteiger partial charge in [-0.05, 0) is 37.1 Å². The first-order chi connectivity index (χ1) is 15.3. The lowest BCUT2D eigenvalue weighted by Gasteiger charge is -2.20. The molecule has 0 unspecified atom stereocenters. The second kappa shape index (κ2) is 13.7. The molecule has 0 atom stereocenters. The van der Waals surface area contributed by atoms with Crippen LogP contribution in [0.3, 0.4) is 0 Å². The smallest absolute Gasteiger partial charge is 0.180 e. The van der Waals surface area contributed by atoms with Gasteiger partial charge in [-0.3, -0.25) is 4.79 Å². The maximum Gasteiger partial charge on any atom is 0.180 e. The second-order valence-corrected chi connectivity index (χ2v) is 11.6. The van der Waals surface area contributed by atoms with Crippen LogP contribution in [0, 0.1) is 0 Å². The normalized spacial score (nSPS) is 18.8. The van der Waals surface area contributed by atoms with Crippen LogP contribution in [0.4, 0.5) is 5.13 Å². The molecule has 11 heteroatoms. The minimum atomic E-state index is 0.420. The standard InChI is InChI=1S/C7H9BrN2S.C7H11N3S.C6H11NO.CH4O/c2*1-10-3-2-5-6(4-10)11-7(8)9-5;1-7-4-2-6(8)3-5-7;1-2/h2-4H2,1H3;2-4H2,1H3,(H2,8,9);2-5H2,1H3;2H,1H3. The van der Waals surface area contributed by atoms with Gasteiger partial charge in [0.25, 0.3) is 0 Å². The van der Waals surface area contributed by atoms with E-state index in [0.717, 1.165) is 76.0 Å². The highest BCUT2D eigenvalue weighted by Crippen LogP contribution is 2.27. The molecule has 0 radical (unpaired) electrons. The summed E-state index contributed by atoms with van der Waals surface area (Å²) in [6, 6.07) is 0. The Bertz CT molecular complexity index is 793. The summed E-state index contributed by atoms with van der Waals surface area (Å²) in [6.07, 6.45) is 3.68. The van der Waals surface area contributed by atoms with Crippen LogP contribution in [0.1, 0.15) is 34.0 Å². The molecule has 0 aromatic carbocycles. The van der Waals surface area contributed by atoms with Crippen molar-refractivity contribution in [3.05, 3.63) is 25.1 Å². The molecule has 0 amide bonds. The Morgan fingerprint density at radius 1 is 0.812 bits per heavy atom. The van der Waals surface area contributed by atoms with Crippen molar-refractivity contribution in [1.82, 2.24) is 24.7 Å². The van der Waals surface area contributed by atoms with Crippen molar-refractivity contribution < 1.29 is 9.90 Å². The fraction of sp³-hybridized carbons (Fsp3) is 0.667. The van der Waals surface area contributed by atoms with Gasteiger partial charge in [-0.2, -0.15) is 0 Å². The topological polar surface area (TPSA) is 98.8 Å². The molecule has 3 N–H and O–H groups in total. The zero-order valence-electron chi connectivity index (χ0n) is 19.4. The Kier molecular flexibility index (Phi) is 11.7. The zero-order valence-corrected chi connectivity index (χ0v) is 22.7. The van der Waals surface area contributed by atoms with Gasteiger partial charge in [0.1, 0.15) is 5.78 Å². The number of nitrogen functional groups attached to an aromatic ring is 1. The van der Waals surface area contributed by atoms with Crippen molar-refractivity contribution in [1.29, 1.82) is 0 Å². The highest BCUT2D eigenvalue weighted by Gasteiger charge is 2.17. The summed E-state index contributed by atoms with van der Waals surface area (Å²) in [4.78, 5) is 28.8. The number of anilines is 1. The van der Waals surface area contributed by atoms with Gasteiger partial charge in [0.05, 0.1) is 11.4 Å². The first kappa shape index (κ1) is 27.3. The van der Waals surface area contributed by atoms with Crippen molar-refractivity contribution in [2.24, 2.45) is 0 Å². The summed E-state index contributed by atoms with van der Waals surface area (Å²) in [6.45, 7) is 6.25. The van der Waals surface area contributed by atoms with Crippen LogP contribution in [-0.4, -0.2) is 90.0 Å². The van der Waals surface area contributed by atoms with Gasteiger partial charge in [-0.15, -0.1) is 22.7 Å². The van der Waals surface area contributed by atoms with Crippen LogP contribution in [0.25, 0.3) is 0 Å². The van der Waals surface area contributed by atoms with Gasteiger partial charge in [0.15, 0.2) is 9.05 Å². The second-order valence-electron chi connectivity index (χ2n) is 8.08. The van der Waals surface area contributed by atoms with Crippen LogP contribution < -0.4 is 5.73 Å². The van der Waals surface area contributed by atoms with Crippen molar-refractivity contribution in [2.45, 2.75) is 38.8 Å². The number of piperidine rings is 1. The monoisotopic (exact) mass is 546 g/mol. The van der Waals surface area contributed by atoms with Crippen LogP contribution in [0.2, 0.25) is 0 Å². The van der Waals surface area contributed by atoms with Crippen molar-refractivity contribution in [3.8, 4) is 0 Å². The summed E-state index contributed by atoms with van der Waals surface area (Å²) in [5.41, 5.74) is 8.10. The highest BCUT2D eigenvalue weighted by atomic mass is 79.9. The van der Waals surface area contributed by atoms with Crippen LogP contribution >= 0.6 is 38.6 Å². The van der Waals surface area contributed by atoms with Gasteiger partial charge >= 0.3 is 0 Å². The molecule has 5 rings (SSSR count). The first-order valence-electron chi connectivity index (χ1n) is 10.7. The van der Waals surface area contributed by atoms with Crippen molar-refractivity contribution in [2.75, 3.05) is 60.2 Å². The molecule has 32 heavy (non-hydrogen) atoms. The predicted molar refractivity (Wildman–Crippen MR) is 136 cm³/mol. The van der Waals surface area contributed by atoms with Gasteiger partial charge in [0, 0.05) is 81.8 Å². The van der Waals surface area contributed by atoms with Gasteiger partial charge in [-0.25, -0.2) is 9.97 Å². The number of carbonyl (C=O) groups is 1. The number of hydrogen-bond donors (Lipinski definition) is 2. The Balaban J connectivity index is 0.000000166. The third kappa shape index (κ3) is 8.77. The fourth-order valence-corrected chi connectivity index (χ4v) is 6.17. The number of thiazole rings is 2. The third-order valence-corrected chi connectivity index (χ3v) is 7.82. The lowest BCUT2D eigenvalue weighted by molar-refractivity contribution is -0.121. The molecule has 1 saturated heterocycles.